The van der Waals surface area contributed by atoms with Crippen molar-refractivity contribution in [2.45, 2.75) is 11.8 Å². The number of carbonyl (C=O) groups excluding carboxylic acids is 2. The van der Waals surface area contributed by atoms with Crippen LogP contribution in [0.25, 0.3) is 0 Å². The molecule has 0 aliphatic rings. The van der Waals surface area contributed by atoms with E-state index in [1.807, 2.05) is 4.72 Å². The highest BCUT2D eigenvalue weighted by Gasteiger charge is 2.15. The Labute approximate surface area is 179 Å². The number of rotatable bonds is 8. The molecule has 11 heteroatoms. The predicted octanol–water partition coefficient (Wildman–Crippen LogP) is 1.66. The Morgan fingerprint density at radius 2 is 1.63 bits per heavy atom. The summed E-state index contributed by atoms with van der Waals surface area (Å²) in [4.78, 5) is 23.2. The highest BCUT2D eigenvalue weighted by molar-refractivity contribution is 7.90. The number of hydrogen-bond acceptors (Lipinski definition) is 7. The molecule has 0 radical (unpaired) electrons. The quantitative estimate of drug-likeness (QED) is 0.409. The lowest BCUT2D eigenvalue weighted by Crippen LogP contribution is -2.34. The first kappa shape index (κ1) is 23.3. The van der Waals surface area contributed by atoms with Gasteiger partial charge in [0, 0.05) is 25.3 Å². The molecule has 0 fully saturated rings. The zero-order valence-corrected chi connectivity index (χ0v) is 17.9. The molecule has 160 valence electrons. The second kappa shape index (κ2) is 10.7. The van der Waals surface area contributed by atoms with Crippen molar-refractivity contribution < 1.29 is 27.5 Å². The van der Waals surface area contributed by atoms with Crippen LogP contribution >= 0.6 is 12.2 Å². The molecule has 2 aromatic rings. The molecule has 0 aliphatic heterocycles. The number of benzene rings is 2. The second-order valence-corrected chi connectivity index (χ2v) is 8.05. The SMILES string of the molecule is COCCOc1ccc(C(=O)NC(=S)Nc2ccc(S(=O)(=O)NC(C)=O)cc2)cc1. The van der Waals surface area contributed by atoms with Crippen LogP contribution in [-0.2, 0) is 19.6 Å². The first-order valence-corrected chi connectivity index (χ1v) is 10.6. The van der Waals surface area contributed by atoms with E-state index in [2.05, 4.69) is 10.6 Å². The fourth-order valence-electron chi connectivity index (χ4n) is 2.25. The maximum absolute atomic E-state index is 12.3. The standard InChI is InChI=1S/C19H21N3O6S2/c1-13(23)22-30(25,26)17-9-5-15(6-10-17)20-19(29)21-18(24)14-3-7-16(8-4-14)28-12-11-27-2/h3-10H,11-12H2,1-2H3,(H,22,23)(H2,20,21,24,29). The normalized spacial score (nSPS) is 10.7. The van der Waals surface area contributed by atoms with Gasteiger partial charge in [0.15, 0.2) is 5.11 Å². The van der Waals surface area contributed by atoms with Crippen molar-refractivity contribution in [3.63, 3.8) is 0 Å². The highest BCUT2D eigenvalue weighted by Crippen LogP contribution is 2.15. The number of carbonyl (C=O) groups is 2. The molecule has 2 amide bonds. The van der Waals surface area contributed by atoms with Gasteiger partial charge in [-0.05, 0) is 60.7 Å². The summed E-state index contributed by atoms with van der Waals surface area (Å²) in [5.74, 6) is -0.491. The molecule has 0 spiro atoms. The summed E-state index contributed by atoms with van der Waals surface area (Å²) >= 11 is 5.12. The van der Waals surface area contributed by atoms with Crippen molar-refractivity contribution in [1.82, 2.24) is 10.0 Å². The maximum atomic E-state index is 12.3. The van der Waals surface area contributed by atoms with Crippen LogP contribution in [-0.4, -0.2) is 45.7 Å². The predicted molar refractivity (Wildman–Crippen MR) is 115 cm³/mol. The summed E-state index contributed by atoms with van der Waals surface area (Å²) in [6.45, 7) is 1.97. The molecule has 30 heavy (non-hydrogen) atoms. The van der Waals surface area contributed by atoms with Gasteiger partial charge in [0.25, 0.3) is 15.9 Å². The molecule has 2 rings (SSSR count). The molecular formula is C19H21N3O6S2. The van der Waals surface area contributed by atoms with Crippen molar-refractivity contribution in [1.29, 1.82) is 0 Å². The second-order valence-electron chi connectivity index (χ2n) is 5.96. The number of ether oxygens (including phenoxy) is 2. The van der Waals surface area contributed by atoms with Crippen molar-refractivity contribution in [3.05, 3.63) is 54.1 Å². The van der Waals surface area contributed by atoms with Gasteiger partial charge in [-0.2, -0.15) is 0 Å². The van der Waals surface area contributed by atoms with Gasteiger partial charge in [0.2, 0.25) is 5.91 Å². The summed E-state index contributed by atoms with van der Waals surface area (Å²) in [6, 6.07) is 12.0. The van der Waals surface area contributed by atoms with E-state index in [1.165, 1.54) is 24.3 Å². The molecule has 0 saturated carbocycles. The van der Waals surface area contributed by atoms with Crippen LogP contribution in [0.15, 0.2) is 53.4 Å². The lowest BCUT2D eigenvalue weighted by Gasteiger charge is -2.11. The third-order valence-electron chi connectivity index (χ3n) is 3.60. The average Bonchev–Trinajstić information content (AvgIpc) is 2.68. The van der Waals surface area contributed by atoms with E-state index in [0.29, 0.717) is 30.2 Å². The number of hydrogen-bond donors (Lipinski definition) is 3. The van der Waals surface area contributed by atoms with E-state index >= 15 is 0 Å². The Hall–Kier alpha value is -3.02. The zero-order chi connectivity index (χ0) is 22.1. The Morgan fingerprint density at radius 1 is 1.00 bits per heavy atom. The Bertz CT molecular complexity index is 1010. The Kier molecular flexibility index (Phi) is 8.27. The molecule has 0 saturated heterocycles. The Morgan fingerprint density at radius 3 is 2.20 bits per heavy atom. The maximum Gasteiger partial charge on any atom is 0.264 e. The van der Waals surface area contributed by atoms with Crippen LogP contribution < -0.4 is 20.1 Å². The van der Waals surface area contributed by atoms with E-state index in [-0.39, 0.29) is 10.0 Å². The molecule has 0 aliphatic carbocycles. The van der Waals surface area contributed by atoms with Gasteiger partial charge >= 0.3 is 0 Å². The topological polar surface area (TPSA) is 123 Å². The van der Waals surface area contributed by atoms with Crippen molar-refractivity contribution in [2.24, 2.45) is 0 Å². The number of methoxy groups -OCH3 is 1. The number of amides is 2. The fourth-order valence-corrected chi connectivity index (χ4v) is 3.45. The minimum atomic E-state index is -3.92. The Balaban J connectivity index is 1.92. The first-order valence-electron chi connectivity index (χ1n) is 8.69. The molecule has 0 heterocycles. The molecule has 0 atom stereocenters. The summed E-state index contributed by atoms with van der Waals surface area (Å²) in [5.41, 5.74) is 0.846. The van der Waals surface area contributed by atoms with E-state index < -0.39 is 21.8 Å². The lowest BCUT2D eigenvalue weighted by molar-refractivity contribution is -0.117. The van der Waals surface area contributed by atoms with Gasteiger partial charge in [-0.3, -0.25) is 14.9 Å². The van der Waals surface area contributed by atoms with Gasteiger partial charge in [0.1, 0.15) is 12.4 Å². The third-order valence-corrected chi connectivity index (χ3v) is 5.25. The van der Waals surface area contributed by atoms with Crippen molar-refractivity contribution in [3.8, 4) is 5.75 Å². The molecule has 2 aromatic carbocycles. The van der Waals surface area contributed by atoms with Crippen molar-refractivity contribution in [2.75, 3.05) is 25.6 Å². The smallest absolute Gasteiger partial charge is 0.264 e. The minimum Gasteiger partial charge on any atom is -0.491 e. The minimum absolute atomic E-state index is 0.0397. The van der Waals surface area contributed by atoms with E-state index in [1.54, 1.807) is 31.4 Å². The number of anilines is 1. The summed E-state index contributed by atoms with van der Waals surface area (Å²) < 4.78 is 36.1. The van der Waals surface area contributed by atoms with Gasteiger partial charge < -0.3 is 14.8 Å². The van der Waals surface area contributed by atoms with Crippen LogP contribution in [0.5, 0.6) is 5.75 Å². The largest absolute Gasteiger partial charge is 0.491 e. The fraction of sp³-hybridized carbons (Fsp3) is 0.211. The van der Waals surface area contributed by atoms with Crippen LogP contribution in [0.1, 0.15) is 17.3 Å². The summed E-state index contributed by atoms with van der Waals surface area (Å²) in [5, 5.41) is 5.36. The zero-order valence-electron chi connectivity index (χ0n) is 16.3. The lowest BCUT2D eigenvalue weighted by atomic mass is 10.2. The molecule has 0 unspecified atom stereocenters. The number of nitrogens with one attached hydrogen (secondary N) is 3. The highest BCUT2D eigenvalue weighted by atomic mass is 32.2. The van der Waals surface area contributed by atoms with Gasteiger partial charge in [-0.1, -0.05) is 0 Å². The monoisotopic (exact) mass is 451 g/mol. The number of thiocarbonyl (C=S) groups is 1. The van der Waals surface area contributed by atoms with E-state index in [0.717, 1.165) is 6.92 Å². The summed E-state index contributed by atoms with van der Waals surface area (Å²) in [7, 11) is -2.34. The van der Waals surface area contributed by atoms with E-state index in [4.69, 9.17) is 21.7 Å². The molecule has 0 aromatic heterocycles. The van der Waals surface area contributed by atoms with Gasteiger partial charge in [-0.25, -0.2) is 13.1 Å². The molecule has 0 bridgehead atoms. The van der Waals surface area contributed by atoms with Crippen LogP contribution in [0.3, 0.4) is 0 Å². The first-order chi connectivity index (χ1) is 14.2. The van der Waals surface area contributed by atoms with Crippen LogP contribution in [0.2, 0.25) is 0 Å². The molecule has 9 nitrogen and oxygen atoms in total. The third kappa shape index (κ3) is 7.10. The molecule has 3 N–H and O–H groups in total. The van der Waals surface area contributed by atoms with Crippen molar-refractivity contribution >= 4 is 44.9 Å². The summed E-state index contributed by atoms with van der Waals surface area (Å²) in [6.07, 6.45) is 0. The van der Waals surface area contributed by atoms with Gasteiger partial charge in [-0.15, -0.1) is 0 Å². The van der Waals surface area contributed by atoms with Crippen LogP contribution in [0, 0.1) is 0 Å². The molecular weight excluding hydrogens is 430 g/mol. The van der Waals surface area contributed by atoms with E-state index in [9.17, 15) is 18.0 Å². The van der Waals surface area contributed by atoms with Gasteiger partial charge in [0.05, 0.1) is 11.5 Å². The average molecular weight is 452 g/mol. The number of sulfonamides is 1. The van der Waals surface area contributed by atoms with Crippen LogP contribution in [0.4, 0.5) is 5.69 Å².